The van der Waals surface area contributed by atoms with Crippen LogP contribution in [-0.4, -0.2) is 39.0 Å². The van der Waals surface area contributed by atoms with Gasteiger partial charge >= 0.3 is 12.1 Å². The van der Waals surface area contributed by atoms with Gasteiger partial charge in [-0.25, -0.2) is 4.79 Å². The lowest BCUT2D eigenvalue weighted by Crippen LogP contribution is -2.30. The largest absolute Gasteiger partial charge is 0.504 e. The Hall–Kier alpha value is -2.44. The molecular weight excluding hydrogens is 230 g/mol. The molecule has 0 saturated carbocycles. The second-order valence-electron chi connectivity index (χ2n) is 3.33. The number of phenols is 2. The van der Waals surface area contributed by atoms with Gasteiger partial charge in [-0.1, -0.05) is 6.07 Å². The van der Waals surface area contributed by atoms with E-state index < -0.39 is 23.7 Å². The smallest absolute Gasteiger partial charge is 0.404 e. The van der Waals surface area contributed by atoms with Gasteiger partial charge in [0.25, 0.3) is 0 Å². The van der Waals surface area contributed by atoms with Gasteiger partial charge in [0.15, 0.2) is 11.5 Å². The minimum atomic E-state index is -1.33. The second-order valence-corrected chi connectivity index (χ2v) is 3.33. The summed E-state index contributed by atoms with van der Waals surface area (Å²) in [7, 11) is 0. The molecular formula is C10H11NO6. The highest BCUT2D eigenvalue weighted by atomic mass is 16.4. The Bertz CT molecular complexity index is 444. The molecule has 0 bridgehead atoms. The summed E-state index contributed by atoms with van der Waals surface area (Å²) in [6.45, 7) is -0.325. The van der Waals surface area contributed by atoms with Crippen LogP contribution in [-0.2, 0) is 4.79 Å². The molecule has 5 N–H and O–H groups in total. The lowest BCUT2D eigenvalue weighted by molar-refractivity contribution is -0.138. The lowest BCUT2D eigenvalue weighted by Gasteiger charge is -2.13. The van der Waals surface area contributed by atoms with Crippen molar-refractivity contribution < 1.29 is 30.0 Å². The van der Waals surface area contributed by atoms with Gasteiger partial charge in [-0.05, 0) is 17.7 Å². The zero-order valence-electron chi connectivity index (χ0n) is 8.62. The van der Waals surface area contributed by atoms with E-state index in [9.17, 15) is 14.7 Å². The summed E-state index contributed by atoms with van der Waals surface area (Å²) in [6, 6.07) is 3.52. The first-order chi connectivity index (χ1) is 7.91. The molecule has 1 unspecified atom stereocenters. The summed E-state index contributed by atoms with van der Waals surface area (Å²) in [6.07, 6.45) is -1.33. The number of carbonyl (C=O) groups is 2. The molecule has 0 aliphatic carbocycles. The van der Waals surface area contributed by atoms with Crippen molar-refractivity contribution in [1.29, 1.82) is 0 Å². The van der Waals surface area contributed by atoms with E-state index in [1.165, 1.54) is 6.07 Å². The molecule has 0 fully saturated rings. The molecule has 0 aromatic heterocycles. The summed E-state index contributed by atoms with van der Waals surface area (Å²) < 4.78 is 0. The maximum Gasteiger partial charge on any atom is 0.404 e. The molecule has 7 heteroatoms. The summed E-state index contributed by atoms with van der Waals surface area (Å²) >= 11 is 0. The number of amides is 1. The quantitative estimate of drug-likeness (QED) is 0.489. The zero-order chi connectivity index (χ0) is 13.0. The number of carboxylic acid groups (broad SMARTS) is 2. The number of aliphatic carboxylic acids is 1. The molecule has 0 heterocycles. The third kappa shape index (κ3) is 3.26. The second kappa shape index (κ2) is 5.06. The van der Waals surface area contributed by atoms with Crippen molar-refractivity contribution in [2.75, 3.05) is 6.54 Å². The molecule has 92 valence electrons. The van der Waals surface area contributed by atoms with E-state index in [4.69, 9.17) is 15.3 Å². The Balaban J connectivity index is 2.93. The molecule has 7 nitrogen and oxygen atoms in total. The standard InChI is InChI=1S/C10H11NO6/c12-7-2-1-5(3-8(7)13)6(9(14)15)4-11-10(16)17/h1-3,6,11-13H,4H2,(H,14,15)(H,16,17). The van der Waals surface area contributed by atoms with Crippen molar-refractivity contribution in [3.63, 3.8) is 0 Å². The minimum Gasteiger partial charge on any atom is -0.504 e. The summed E-state index contributed by atoms with van der Waals surface area (Å²) in [5.74, 6) is -3.19. The van der Waals surface area contributed by atoms with E-state index in [2.05, 4.69) is 0 Å². The molecule has 1 rings (SSSR count). The van der Waals surface area contributed by atoms with Crippen LogP contribution in [0.3, 0.4) is 0 Å². The molecule has 1 atom stereocenters. The number of rotatable bonds is 4. The van der Waals surface area contributed by atoms with E-state index in [1.807, 2.05) is 5.32 Å². The Labute approximate surface area is 95.9 Å². The van der Waals surface area contributed by atoms with Crippen LogP contribution in [0.1, 0.15) is 11.5 Å². The van der Waals surface area contributed by atoms with Gasteiger partial charge in [-0.2, -0.15) is 0 Å². The third-order valence-corrected chi connectivity index (χ3v) is 2.16. The highest BCUT2D eigenvalue weighted by Crippen LogP contribution is 2.28. The van der Waals surface area contributed by atoms with Crippen LogP contribution in [0, 0.1) is 0 Å². The van der Waals surface area contributed by atoms with Crippen LogP contribution in [0.15, 0.2) is 18.2 Å². The Morgan fingerprint density at radius 2 is 1.82 bits per heavy atom. The first-order valence-electron chi connectivity index (χ1n) is 4.63. The van der Waals surface area contributed by atoms with Gasteiger partial charge in [0.05, 0.1) is 5.92 Å². The topological polar surface area (TPSA) is 127 Å². The van der Waals surface area contributed by atoms with Gasteiger partial charge in [-0.3, -0.25) is 4.79 Å². The monoisotopic (exact) mass is 241 g/mol. The van der Waals surface area contributed by atoms with Gasteiger partial charge in [0.1, 0.15) is 0 Å². The molecule has 0 saturated heterocycles. The Morgan fingerprint density at radius 3 is 2.29 bits per heavy atom. The van der Waals surface area contributed by atoms with Crippen LogP contribution in [0.25, 0.3) is 0 Å². The molecule has 0 radical (unpaired) electrons. The minimum absolute atomic E-state index is 0.196. The third-order valence-electron chi connectivity index (χ3n) is 2.16. The van der Waals surface area contributed by atoms with Crippen LogP contribution in [0.4, 0.5) is 4.79 Å². The first-order valence-corrected chi connectivity index (χ1v) is 4.63. The normalized spacial score (nSPS) is 11.8. The van der Waals surface area contributed by atoms with E-state index in [0.717, 1.165) is 12.1 Å². The number of hydrogen-bond donors (Lipinski definition) is 5. The van der Waals surface area contributed by atoms with Crippen LogP contribution >= 0.6 is 0 Å². The Kier molecular flexibility index (Phi) is 3.76. The van der Waals surface area contributed by atoms with Gasteiger partial charge in [-0.15, -0.1) is 0 Å². The van der Waals surface area contributed by atoms with E-state index in [-0.39, 0.29) is 17.9 Å². The van der Waals surface area contributed by atoms with Gasteiger partial charge in [0.2, 0.25) is 0 Å². The van der Waals surface area contributed by atoms with Crippen LogP contribution in [0.5, 0.6) is 11.5 Å². The zero-order valence-corrected chi connectivity index (χ0v) is 8.62. The van der Waals surface area contributed by atoms with Crippen molar-refractivity contribution in [2.24, 2.45) is 0 Å². The predicted octanol–water partition coefficient (Wildman–Crippen LogP) is 0.534. The fourth-order valence-corrected chi connectivity index (χ4v) is 1.29. The fourth-order valence-electron chi connectivity index (χ4n) is 1.29. The summed E-state index contributed by atoms with van der Waals surface area (Å²) in [5.41, 5.74) is 0.196. The number of phenolic OH excluding ortho intramolecular Hbond substituents is 2. The Morgan fingerprint density at radius 1 is 1.18 bits per heavy atom. The highest BCUT2D eigenvalue weighted by Gasteiger charge is 2.21. The number of aromatic hydroxyl groups is 2. The maximum absolute atomic E-state index is 10.9. The van der Waals surface area contributed by atoms with Crippen LogP contribution in [0.2, 0.25) is 0 Å². The lowest BCUT2D eigenvalue weighted by atomic mass is 9.99. The molecule has 17 heavy (non-hydrogen) atoms. The molecule has 1 amide bonds. The first kappa shape index (κ1) is 12.6. The van der Waals surface area contributed by atoms with Gasteiger partial charge in [0, 0.05) is 6.54 Å². The van der Waals surface area contributed by atoms with Crippen molar-refractivity contribution in [3.05, 3.63) is 23.8 Å². The number of benzene rings is 1. The van der Waals surface area contributed by atoms with Crippen LogP contribution < -0.4 is 5.32 Å². The van der Waals surface area contributed by atoms with E-state index >= 15 is 0 Å². The van der Waals surface area contributed by atoms with Crippen molar-refractivity contribution in [3.8, 4) is 11.5 Å². The van der Waals surface area contributed by atoms with E-state index in [1.54, 1.807) is 0 Å². The number of hydrogen-bond acceptors (Lipinski definition) is 4. The highest BCUT2D eigenvalue weighted by molar-refractivity contribution is 5.77. The van der Waals surface area contributed by atoms with Crippen molar-refractivity contribution >= 4 is 12.1 Å². The number of carboxylic acids is 1. The molecule has 0 aliphatic heterocycles. The average Bonchev–Trinajstić information content (AvgIpc) is 2.22. The maximum atomic E-state index is 10.9. The SMILES string of the molecule is O=C(O)NCC(C(=O)O)c1ccc(O)c(O)c1. The molecule has 0 aliphatic rings. The fraction of sp³-hybridized carbons (Fsp3) is 0.200. The molecule has 0 spiro atoms. The van der Waals surface area contributed by atoms with Gasteiger partial charge < -0.3 is 25.7 Å². The van der Waals surface area contributed by atoms with Crippen molar-refractivity contribution in [1.82, 2.24) is 5.32 Å². The average molecular weight is 241 g/mol. The summed E-state index contributed by atoms with van der Waals surface area (Å²) in [5, 5.41) is 37.6. The number of nitrogens with one attached hydrogen (secondary N) is 1. The summed E-state index contributed by atoms with van der Waals surface area (Å²) in [4.78, 5) is 21.2. The predicted molar refractivity (Wildman–Crippen MR) is 56.2 cm³/mol. The van der Waals surface area contributed by atoms with Crippen molar-refractivity contribution in [2.45, 2.75) is 5.92 Å². The molecule has 1 aromatic rings. The van der Waals surface area contributed by atoms with E-state index in [0.29, 0.717) is 0 Å². The molecule has 1 aromatic carbocycles.